The van der Waals surface area contributed by atoms with Crippen molar-refractivity contribution in [1.82, 2.24) is 4.98 Å². The maximum atomic E-state index is 15.2. The Hall–Kier alpha value is -3.61. The Balaban J connectivity index is 1.79. The Labute approximate surface area is 205 Å². The third kappa shape index (κ3) is 5.39. The van der Waals surface area contributed by atoms with E-state index in [1.807, 2.05) is 39.0 Å². The first-order valence-electron chi connectivity index (χ1n) is 11.9. The first kappa shape index (κ1) is 24.5. The normalized spacial score (nSPS) is 13.0. The maximum absolute atomic E-state index is 15.2. The molecule has 4 rings (SSSR count). The summed E-state index contributed by atoms with van der Waals surface area (Å²) in [7, 11) is 2.88. The minimum absolute atomic E-state index is 0.172. The highest BCUT2D eigenvalue weighted by molar-refractivity contribution is 6.01. The number of carbonyl (C=O) groups is 1. The average Bonchev–Trinajstić information content (AvgIpc) is 3.66. The third-order valence-electron chi connectivity index (χ3n) is 6.16. The second-order valence-corrected chi connectivity index (χ2v) is 9.25. The van der Waals surface area contributed by atoms with Gasteiger partial charge >= 0.3 is 5.97 Å². The maximum Gasteiger partial charge on any atom is 0.338 e. The molecule has 2 aromatic carbocycles. The van der Waals surface area contributed by atoms with E-state index in [1.54, 1.807) is 25.4 Å². The van der Waals surface area contributed by atoms with Crippen molar-refractivity contribution in [2.75, 3.05) is 31.4 Å². The van der Waals surface area contributed by atoms with Crippen LogP contribution in [0.3, 0.4) is 0 Å². The van der Waals surface area contributed by atoms with Crippen LogP contribution in [0.2, 0.25) is 0 Å². The van der Waals surface area contributed by atoms with Gasteiger partial charge in [0.15, 0.2) is 0 Å². The van der Waals surface area contributed by atoms with Gasteiger partial charge in [-0.15, -0.1) is 0 Å². The molecule has 6 nitrogen and oxygen atoms in total. The van der Waals surface area contributed by atoms with Crippen LogP contribution in [0.4, 0.5) is 15.9 Å². The highest BCUT2D eigenvalue weighted by Gasteiger charge is 2.25. The molecule has 1 aliphatic rings. The second-order valence-electron chi connectivity index (χ2n) is 9.25. The Morgan fingerprint density at radius 3 is 2.49 bits per heavy atom. The predicted octanol–water partition coefficient (Wildman–Crippen LogP) is 6.30. The van der Waals surface area contributed by atoms with Crippen molar-refractivity contribution in [2.24, 2.45) is 5.92 Å². The van der Waals surface area contributed by atoms with Crippen molar-refractivity contribution in [3.8, 4) is 28.0 Å². The van der Waals surface area contributed by atoms with Gasteiger partial charge in [-0.05, 0) is 75.9 Å². The van der Waals surface area contributed by atoms with E-state index in [4.69, 9.17) is 9.47 Å². The summed E-state index contributed by atoms with van der Waals surface area (Å²) < 4.78 is 26.1. The SMILES string of the molecule is COC(=O)c1cc(-c2ccc(NC(C)C)cc2F)c(OC)c(C)c1-c1ccc(NCC2CC2)nc1. The molecule has 0 spiro atoms. The van der Waals surface area contributed by atoms with E-state index in [2.05, 4.69) is 15.6 Å². The van der Waals surface area contributed by atoms with Crippen molar-refractivity contribution in [1.29, 1.82) is 0 Å². The van der Waals surface area contributed by atoms with E-state index in [9.17, 15) is 4.79 Å². The summed E-state index contributed by atoms with van der Waals surface area (Å²) in [5.41, 5.74) is 3.94. The molecule has 3 aromatic rings. The third-order valence-corrected chi connectivity index (χ3v) is 6.16. The zero-order valence-corrected chi connectivity index (χ0v) is 20.9. The van der Waals surface area contributed by atoms with Gasteiger partial charge < -0.3 is 20.1 Å². The number of nitrogens with zero attached hydrogens (tertiary/aromatic N) is 1. The zero-order valence-electron chi connectivity index (χ0n) is 20.9. The molecule has 1 heterocycles. The fourth-order valence-corrected chi connectivity index (χ4v) is 4.28. The van der Waals surface area contributed by atoms with E-state index in [0.29, 0.717) is 39.3 Å². The van der Waals surface area contributed by atoms with Crippen molar-refractivity contribution in [2.45, 2.75) is 39.7 Å². The van der Waals surface area contributed by atoms with E-state index < -0.39 is 11.8 Å². The molecule has 0 amide bonds. The highest BCUT2D eigenvalue weighted by atomic mass is 19.1. The number of benzene rings is 2. The minimum atomic E-state index is -0.513. The van der Waals surface area contributed by atoms with Crippen LogP contribution in [0.1, 0.15) is 42.6 Å². The Bertz CT molecular complexity index is 1220. The van der Waals surface area contributed by atoms with Gasteiger partial charge in [0.1, 0.15) is 17.4 Å². The molecule has 1 saturated carbocycles. The number of aromatic nitrogens is 1. The molecule has 0 aliphatic heterocycles. The van der Waals surface area contributed by atoms with Crippen molar-refractivity contribution >= 4 is 17.5 Å². The zero-order chi connectivity index (χ0) is 25.1. The fourth-order valence-electron chi connectivity index (χ4n) is 4.28. The van der Waals surface area contributed by atoms with Crippen molar-refractivity contribution < 1.29 is 18.7 Å². The number of rotatable bonds is 9. The Morgan fingerprint density at radius 2 is 1.91 bits per heavy atom. The van der Waals surface area contributed by atoms with Crippen LogP contribution >= 0.6 is 0 Å². The summed E-state index contributed by atoms with van der Waals surface area (Å²) in [6.07, 6.45) is 4.25. The molecule has 0 radical (unpaired) electrons. The van der Waals surface area contributed by atoms with Gasteiger partial charge in [0.05, 0.1) is 19.8 Å². The topological polar surface area (TPSA) is 72.5 Å². The lowest BCUT2D eigenvalue weighted by Gasteiger charge is -2.20. The number of halogens is 1. The van der Waals surface area contributed by atoms with Gasteiger partial charge in [0.2, 0.25) is 0 Å². The summed E-state index contributed by atoms with van der Waals surface area (Å²) in [5.74, 6) is 1.09. The summed E-state index contributed by atoms with van der Waals surface area (Å²) >= 11 is 0. The quantitative estimate of drug-likeness (QED) is 0.352. The molecule has 7 heteroatoms. The first-order valence-corrected chi connectivity index (χ1v) is 11.9. The largest absolute Gasteiger partial charge is 0.496 e. The molecule has 0 atom stereocenters. The van der Waals surface area contributed by atoms with Crippen molar-refractivity contribution in [3.63, 3.8) is 0 Å². The minimum Gasteiger partial charge on any atom is -0.496 e. The van der Waals surface area contributed by atoms with Crippen LogP contribution in [-0.4, -0.2) is 37.8 Å². The predicted molar refractivity (Wildman–Crippen MR) is 138 cm³/mol. The van der Waals surface area contributed by atoms with Gasteiger partial charge in [-0.1, -0.05) is 0 Å². The summed E-state index contributed by atoms with van der Waals surface area (Å²) in [4.78, 5) is 17.4. The standard InChI is InChI=1S/C28H32FN3O3/c1-16(2)32-20-9-10-21(24(29)12-20)22-13-23(28(33)35-5)26(17(3)27(22)34-4)19-8-11-25(31-15-19)30-14-18-6-7-18/h8-13,15-16,18,32H,6-7,14H2,1-5H3,(H,30,31). The van der Waals surface area contributed by atoms with E-state index in [1.165, 1.54) is 26.0 Å². The fraction of sp³-hybridized carbons (Fsp3) is 0.357. The van der Waals surface area contributed by atoms with Crippen molar-refractivity contribution in [3.05, 3.63) is 59.5 Å². The molecule has 1 fully saturated rings. The lowest BCUT2D eigenvalue weighted by atomic mass is 9.90. The summed E-state index contributed by atoms with van der Waals surface area (Å²) in [6, 6.07) is 10.6. The number of hydrogen-bond donors (Lipinski definition) is 2. The molecular formula is C28H32FN3O3. The number of anilines is 2. The number of carbonyl (C=O) groups excluding carboxylic acids is 1. The summed E-state index contributed by atoms with van der Waals surface area (Å²) in [6.45, 7) is 6.75. The molecule has 1 aliphatic carbocycles. The van der Waals surface area contributed by atoms with Gasteiger partial charge in [0.25, 0.3) is 0 Å². The Morgan fingerprint density at radius 1 is 1.14 bits per heavy atom. The van der Waals surface area contributed by atoms with Gasteiger partial charge in [-0.3, -0.25) is 0 Å². The van der Waals surface area contributed by atoms with Crippen LogP contribution in [-0.2, 0) is 4.74 Å². The van der Waals surface area contributed by atoms with E-state index in [0.717, 1.165) is 23.8 Å². The van der Waals surface area contributed by atoms with Gasteiger partial charge in [-0.2, -0.15) is 0 Å². The number of ether oxygens (including phenoxy) is 2. The average molecular weight is 478 g/mol. The van der Waals surface area contributed by atoms with Crippen LogP contribution < -0.4 is 15.4 Å². The number of hydrogen-bond acceptors (Lipinski definition) is 6. The lowest BCUT2D eigenvalue weighted by Crippen LogP contribution is -2.10. The van der Waals surface area contributed by atoms with Crippen LogP contribution in [0.25, 0.3) is 22.3 Å². The molecular weight excluding hydrogens is 445 g/mol. The molecule has 0 bridgehead atoms. The first-order chi connectivity index (χ1) is 16.8. The van der Waals surface area contributed by atoms with Crippen LogP contribution in [0, 0.1) is 18.7 Å². The number of methoxy groups -OCH3 is 2. The number of esters is 1. The highest BCUT2D eigenvalue weighted by Crippen LogP contribution is 2.42. The lowest BCUT2D eigenvalue weighted by molar-refractivity contribution is 0.0601. The van der Waals surface area contributed by atoms with E-state index >= 15 is 4.39 Å². The second kappa shape index (κ2) is 10.3. The smallest absolute Gasteiger partial charge is 0.338 e. The summed E-state index contributed by atoms with van der Waals surface area (Å²) in [5, 5.41) is 6.55. The molecule has 35 heavy (non-hydrogen) atoms. The molecule has 184 valence electrons. The Kier molecular flexibility index (Phi) is 7.24. The monoisotopic (exact) mass is 477 g/mol. The van der Waals surface area contributed by atoms with Crippen LogP contribution in [0.5, 0.6) is 5.75 Å². The number of pyridine rings is 1. The molecule has 2 N–H and O–H groups in total. The van der Waals surface area contributed by atoms with Gasteiger partial charge in [0, 0.05) is 52.3 Å². The van der Waals surface area contributed by atoms with Crippen LogP contribution in [0.15, 0.2) is 42.6 Å². The molecule has 0 unspecified atom stereocenters. The molecule has 0 saturated heterocycles. The number of nitrogens with one attached hydrogen (secondary N) is 2. The van der Waals surface area contributed by atoms with Gasteiger partial charge in [-0.25, -0.2) is 14.2 Å². The molecule has 1 aromatic heterocycles. The van der Waals surface area contributed by atoms with E-state index in [-0.39, 0.29) is 6.04 Å².